The van der Waals surface area contributed by atoms with Crippen molar-refractivity contribution in [1.82, 2.24) is 0 Å². The molecule has 0 saturated heterocycles. The molecule has 0 heterocycles. The van der Waals surface area contributed by atoms with Crippen molar-refractivity contribution in [2.45, 2.75) is 6.42 Å². The molecule has 0 fully saturated rings. The van der Waals surface area contributed by atoms with Crippen molar-refractivity contribution in [3.8, 4) is 12.1 Å². The Hall–Kier alpha value is -1.52. The maximum atomic E-state index is 7.59. The Labute approximate surface area is 92.1 Å². The Balaban J connectivity index is 0.000000292. The smallest absolute Gasteiger partial charge is 0.122 e. The third-order valence-corrected chi connectivity index (χ3v) is 1.82. The largest absolute Gasteiger partial charge is 0.388 e. The summed E-state index contributed by atoms with van der Waals surface area (Å²) in [6, 6.07) is 11.4. The Bertz CT molecular complexity index is 320. The van der Waals surface area contributed by atoms with E-state index < -0.39 is 0 Å². The highest BCUT2D eigenvalue weighted by molar-refractivity contribution is 9.10. The van der Waals surface area contributed by atoms with Gasteiger partial charge in [0.25, 0.3) is 0 Å². The predicted molar refractivity (Wildman–Crippen MR) is 59.5 cm³/mol. The molecule has 0 aliphatic carbocycles. The van der Waals surface area contributed by atoms with Crippen molar-refractivity contribution in [2.75, 3.05) is 12.4 Å². The summed E-state index contributed by atoms with van der Waals surface area (Å²) in [7, 11) is 1.91. The first-order chi connectivity index (χ1) is 6.74. The van der Waals surface area contributed by atoms with Crippen LogP contribution in [0.4, 0.5) is 5.69 Å². The molecule has 1 aromatic rings. The molecule has 0 bridgehead atoms. The second-order valence-corrected chi connectivity index (χ2v) is 3.17. The van der Waals surface area contributed by atoms with E-state index in [0.717, 1.165) is 10.2 Å². The predicted octanol–water partition coefficient (Wildman–Crippen LogP) is 2.91. The van der Waals surface area contributed by atoms with E-state index >= 15 is 0 Å². The first-order valence-electron chi connectivity index (χ1n) is 3.91. The van der Waals surface area contributed by atoms with E-state index in [0.29, 0.717) is 0 Å². The van der Waals surface area contributed by atoms with Gasteiger partial charge in [-0.05, 0) is 24.3 Å². The minimum absolute atomic E-state index is 0. The van der Waals surface area contributed by atoms with Crippen LogP contribution in [0, 0.1) is 22.7 Å². The molecule has 0 unspecified atom stereocenters. The highest BCUT2D eigenvalue weighted by Gasteiger charge is 1.85. The maximum Gasteiger partial charge on any atom is 0.122 e. The fourth-order valence-electron chi connectivity index (χ4n) is 0.652. The second kappa shape index (κ2) is 8.10. The number of halogens is 1. The zero-order valence-electron chi connectivity index (χ0n) is 7.79. The first-order valence-corrected chi connectivity index (χ1v) is 4.71. The zero-order valence-corrected chi connectivity index (χ0v) is 9.37. The Morgan fingerprint density at radius 3 is 2.00 bits per heavy atom. The zero-order chi connectivity index (χ0) is 10.8. The molecule has 0 atom stereocenters. The summed E-state index contributed by atoms with van der Waals surface area (Å²) in [4.78, 5) is 0. The molecular formula is C10H10BrN3. The third-order valence-electron chi connectivity index (χ3n) is 1.29. The fraction of sp³-hybridized carbons (Fsp3) is 0.200. The van der Waals surface area contributed by atoms with E-state index in [2.05, 4.69) is 21.2 Å². The monoisotopic (exact) mass is 251 g/mol. The van der Waals surface area contributed by atoms with Gasteiger partial charge in [0.15, 0.2) is 0 Å². The van der Waals surface area contributed by atoms with E-state index in [9.17, 15) is 0 Å². The topological polar surface area (TPSA) is 59.6 Å². The van der Waals surface area contributed by atoms with Gasteiger partial charge in [-0.3, -0.25) is 0 Å². The van der Waals surface area contributed by atoms with Crippen molar-refractivity contribution in [3.05, 3.63) is 28.7 Å². The standard InChI is InChI=1S/C7H8BrN.C3H2N2/c1-9-7-4-2-6(8)3-5-7;4-2-1-3-5/h2-5,9H,1H3;1H2. The van der Waals surface area contributed by atoms with Gasteiger partial charge in [-0.1, -0.05) is 15.9 Å². The lowest BCUT2D eigenvalue weighted by atomic mass is 10.3. The molecule has 14 heavy (non-hydrogen) atoms. The van der Waals surface area contributed by atoms with Gasteiger partial charge in [0.05, 0.1) is 12.1 Å². The minimum Gasteiger partial charge on any atom is -0.388 e. The van der Waals surface area contributed by atoms with Crippen LogP contribution in [-0.4, -0.2) is 7.05 Å². The molecule has 0 amide bonds. The Kier molecular flexibility index (Phi) is 7.22. The molecule has 1 N–H and O–H groups in total. The molecule has 1 aromatic carbocycles. The number of benzene rings is 1. The van der Waals surface area contributed by atoms with Crippen LogP contribution >= 0.6 is 15.9 Å². The van der Waals surface area contributed by atoms with Crippen LogP contribution in [0.2, 0.25) is 0 Å². The number of rotatable bonds is 1. The number of nitrogens with zero attached hydrogens (tertiary/aromatic N) is 2. The van der Waals surface area contributed by atoms with Crippen LogP contribution in [-0.2, 0) is 0 Å². The molecule has 4 heteroatoms. The van der Waals surface area contributed by atoms with E-state index in [1.807, 2.05) is 31.3 Å². The SMILES string of the molecule is CNc1ccc(Br)cc1.N#CCC#N. The van der Waals surface area contributed by atoms with Crippen LogP contribution in [0.15, 0.2) is 28.7 Å². The average Bonchev–Trinajstić information content (AvgIpc) is 2.21. The van der Waals surface area contributed by atoms with Gasteiger partial charge in [-0.15, -0.1) is 0 Å². The summed E-state index contributed by atoms with van der Waals surface area (Å²) < 4.78 is 1.11. The number of nitrogens with one attached hydrogen (secondary N) is 1. The van der Waals surface area contributed by atoms with Gasteiger partial charge < -0.3 is 5.32 Å². The maximum absolute atomic E-state index is 7.59. The molecule has 0 aromatic heterocycles. The quantitative estimate of drug-likeness (QED) is 0.835. The summed E-state index contributed by atoms with van der Waals surface area (Å²) >= 11 is 3.35. The summed E-state index contributed by atoms with van der Waals surface area (Å²) in [6.07, 6.45) is 0. The number of anilines is 1. The van der Waals surface area contributed by atoms with E-state index in [1.165, 1.54) is 0 Å². The first kappa shape index (κ1) is 12.5. The van der Waals surface area contributed by atoms with Crippen LogP contribution in [0.1, 0.15) is 6.42 Å². The lowest BCUT2D eigenvalue weighted by Crippen LogP contribution is -1.85. The second-order valence-electron chi connectivity index (χ2n) is 2.25. The van der Waals surface area contributed by atoms with E-state index in [1.54, 1.807) is 12.1 Å². The van der Waals surface area contributed by atoms with Gasteiger partial charge in [0, 0.05) is 17.2 Å². The molecule has 72 valence electrons. The molecule has 0 radical (unpaired) electrons. The van der Waals surface area contributed by atoms with Crippen LogP contribution < -0.4 is 5.32 Å². The highest BCUT2D eigenvalue weighted by atomic mass is 79.9. The number of nitriles is 2. The molecule has 1 rings (SSSR count). The van der Waals surface area contributed by atoms with E-state index in [4.69, 9.17) is 10.5 Å². The van der Waals surface area contributed by atoms with Gasteiger partial charge in [0.2, 0.25) is 0 Å². The lowest BCUT2D eigenvalue weighted by molar-refractivity contribution is 1.33. The van der Waals surface area contributed by atoms with Crippen LogP contribution in [0.3, 0.4) is 0 Å². The minimum atomic E-state index is 0. The van der Waals surface area contributed by atoms with Crippen molar-refractivity contribution in [1.29, 1.82) is 10.5 Å². The highest BCUT2D eigenvalue weighted by Crippen LogP contribution is 2.12. The van der Waals surface area contributed by atoms with Gasteiger partial charge in [-0.2, -0.15) is 10.5 Å². The average molecular weight is 252 g/mol. The van der Waals surface area contributed by atoms with Gasteiger partial charge in [-0.25, -0.2) is 0 Å². The molecular weight excluding hydrogens is 242 g/mol. The van der Waals surface area contributed by atoms with Gasteiger partial charge >= 0.3 is 0 Å². The summed E-state index contributed by atoms with van der Waals surface area (Å²) in [6.45, 7) is 0. The summed E-state index contributed by atoms with van der Waals surface area (Å²) in [5, 5.41) is 18.2. The van der Waals surface area contributed by atoms with Crippen LogP contribution in [0.5, 0.6) is 0 Å². The Morgan fingerprint density at radius 1 is 1.21 bits per heavy atom. The van der Waals surface area contributed by atoms with Crippen molar-refractivity contribution >= 4 is 21.6 Å². The van der Waals surface area contributed by atoms with Crippen molar-refractivity contribution in [3.63, 3.8) is 0 Å². The fourth-order valence-corrected chi connectivity index (χ4v) is 0.916. The summed E-state index contributed by atoms with van der Waals surface area (Å²) in [5.74, 6) is 0. The lowest BCUT2D eigenvalue weighted by Gasteiger charge is -1.96. The van der Waals surface area contributed by atoms with E-state index in [-0.39, 0.29) is 6.42 Å². The third kappa shape index (κ3) is 6.05. The summed E-state index contributed by atoms with van der Waals surface area (Å²) in [5.41, 5.74) is 1.14. The van der Waals surface area contributed by atoms with Crippen LogP contribution in [0.25, 0.3) is 0 Å². The number of hydrogen-bond acceptors (Lipinski definition) is 3. The van der Waals surface area contributed by atoms with Crippen molar-refractivity contribution < 1.29 is 0 Å². The van der Waals surface area contributed by atoms with Gasteiger partial charge in [0.1, 0.15) is 6.42 Å². The molecule has 0 aliphatic rings. The number of hydrogen-bond donors (Lipinski definition) is 1. The molecule has 0 spiro atoms. The molecule has 0 aliphatic heterocycles. The normalized spacial score (nSPS) is 7.43. The Morgan fingerprint density at radius 2 is 1.71 bits per heavy atom. The van der Waals surface area contributed by atoms with Crippen molar-refractivity contribution in [2.24, 2.45) is 0 Å². The molecule has 3 nitrogen and oxygen atoms in total. The molecule has 0 saturated carbocycles.